The maximum Gasteiger partial charge on any atom is 0.417 e. The third-order valence-electron chi connectivity index (χ3n) is 5.78. The molecule has 0 atom stereocenters. The van der Waals surface area contributed by atoms with Crippen LogP contribution >= 0.6 is 11.6 Å². The Morgan fingerprint density at radius 3 is 2.29 bits per heavy atom. The molecule has 0 fully saturated rings. The number of para-hydroxylation sites is 1. The number of carbonyl (C=O) groups excluding carboxylic acids is 1. The van der Waals surface area contributed by atoms with Crippen LogP contribution in [0.4, 0.5) is 30.2 Å². The van der Waals surface area contributed by atoms with Crippen LogP contribution in [0.5, 0.6) is 0 Å². The van der Waals surface area contributed by atoms with Crippen molar-refractivity contribution in [3.63, 3.8) is 0 Å². The molecule has 0 spiro atoms. The molecule has 1 heterocycles. The Morgan fingerprint density at radius 2 is 1.66 bits per heavy atom. The first-order chi connectivity index (χ1) is 16.6. The van der Waals surface area contributed by atoms with E-state index in [-0.39, 0.29) is 22.2 Å². The zero-order valence-corrected chi connectivity index (χ0v) is 19.6. The Morgan fingerprint density at radius 1 is 1.00 bits per heavy atom. The standard InChI is InChI=1S/C26H21ClF3N3O2/c1-32(18-7-4-3-5-8-18)22(34)15-19-24(31-17-13-11-16(27)12-14-17)23-20(26(28,29)30)9-6-10-21(23)33(2)25(19)35/h3-14,31H,15H2,1-2H3. The van der Waals surface area contributed by atoms with Crippen molar-refractivity contribution in [2.75, 3.05) is 17.3 Å². The Hall–Kier alpha value is -3.78. The summed E-state index contributed by atoms with van der Waals surface area (Å²) in [5.74, 6) is -0.448. The SMILES string of the molecule is CN(C(=O)Cc1c(Nc2ccc(Cl)cc2)c2c(C(F)(F)F)cccc2n(C)c1=O)c1ccccc1. The van der Waals surface area contributed by atoms with E-state index in [1.54, 1.807) is 61.6 Å². The molecule has 9 heteroatoms. The number of nitrogens with zero attached hydrogens (tertiary/aromatic N) is 2. The molecule has 3 aromatic carbocycles. The number of rotatable bonds is 5. The number of pyridine rings is 1. The first-order valence-corrected chi connectivity index (χ1v) is 11.0. The summed E-state index contributed by atoms with van der Waals surface area (Å²) in [5, 5.41) is 3.22. The molecule has 0 bridgehead atoms. The fourth-order valence-electron chi connectivity index (χ4n) is 3.93. The van der Waals surface area contributed by atoms with Crippen LogP contribution in [0.1, 0.15) is 11.1 Å². The van der Waals surface area contributed by atoms with Crippen LogP contribution in [0.3, 0.4) is 0 Å². The lowest BCUT2D eigenvalue weighted by atomic mass is 10.00. The van der Waals surface area contributed by atoms with E-state index < -0.39 is 29.6 Å². The minimum atomic E-state index is -4.69. The van der Waals surface area contributed by atoms with E-state index in [0.717, 1.165) is 10.6 Å². The van der Waals surface area contributed by atoms with E-state index in [2.05, 4.69) is 5.32 Å². The highest BCUT2D eigenvalue weighted by Gasteiger charge is 2.35. The van der Waals surface area contributed by atoms with E-state index in [0.29, 0.717) is 16.4 Å². The van der Waals surface area contributed by atoms with Gasteiger partial charge in [0.25, 0.3) is 5.56 Å². The molecule has 0 radical (unpaired) electrons. The molecule has 4 aromatic rings. The summed E-state index contributed by atoms with van der Waals surface area (Å²) in [4.78, 5) is 27.9. The summed E-state index contributed by atoms with van der Waals surface area (Å²) in [6.45, 7) is 0. The number of aromatic nitrogens is 1. The van der Waals surface area contributed by atoms with Crippen molar-refractivity contribution < 1.29 is 18.0 Å². The number of alkyl halides is 3. The van der Waals surface area contributed by atoms with Crippen LogP contribution in [-0.2, 0) is 24.4 Å². The summed E-state index contributed by atoms with van der Waals surface area (Å²) in [6.07, 6.45) is -5.09. The van der Waals surface area contributed by atoms with E-state index in [1.807, 2.05) is 0 Å². The van der Waals surface area contributed by atoms with E-state index in [9.17, 15) is 22.8 Å². The maximum absolute atomic E-state index is 14.1. The van der Waals surface area contributed by atoms with Crippen LogP contribution in [0.15, 0.2) is 77.6 Å². The van der Waals surface area contributed by atoms with E-state index >= 15 is 0 Å². The third kappa shape index (κ3) is 4.88. The number of benzene rings is 3. The van der Waals surface area contributed by atoms with Crippen molar-refractivity contribution in [1.82, 2.24) is 4.57 Å². The smallest absolute Gasteiger partial charge is 0.355 e. The topological polar surface area (TPSA) is 54.3 Å². The second kappa shape index (κ2) is 9.46. The number of aryl methyl sites for hydroxylation is 1. The van der Waals surface area contributed by atoms with Gasteiger partial charge in [0.05, 0.1) is 28.8 Å². The quantitative estimate of drug-likeness (QED) is 0.358. The minimum absolute atomic E-state index is 0.0619. The second-order valence-electron chi connectivity index (χ2n) is 8.01. The Bertz CT molecular complexity index is 1450. The Balaban J connectivity index is 1.94. The number of fused-ring (bicyclic) bond motifs is 1. The van der Waals surface area contributed by atoms with Crippen molar-refractivity contribution in [2.24, 2.45) is 7.05 Å². The number of hydrogen-bond donors (Lipinski definition) is 1. The van der Waals surface area contributed by atoms with Crippen LogP contribution in [0, 0.1) is 0 Å². The molecular weight excluding hydrogens is 479 g/mol. The van der Waals surface area contributed by atoms with Crippen molar-refractivity contribution in [1.29, 1.82) is 0 Å². The van der Waals surface area contributed by atoms with Gasteiger partial charge in [-0.1, -0.05) is 35.9 Å². The average molecular weight is 500 g/mol. The first kappa shape index (κ1) is 24.3. The molecule has 0 saturated carbocycles. The average Bonchev–Trinajstić information content (AvgIpc) is 2.84. The zero-order chi connectivity index (χ0) is 25.3. The summed E-state index contributed by atoms with van der Waals surface area (Å²) in [5.41, 5.74) is -0.499. The van der Waals surface area contributed by atoms with Gasteiger partial charge in [0.15, 0.2) is 0 Å². The number of amides is 1. The monoisotopic (exact) mass is 499 g/mol. The van der Waals surface area contributed by atoms with Crippen molar-refractivity contribution in [3.8, 4) is 0 Å². The van der Waals surface area contributed by atoms with Gasteiger partial charge < -0.3 is 14.8 Å². The minimum Gasteiger partial charge on any atom is -0.355 e. The predicted octanol–water partition coefficient (Wildman–Crippen LogP) is 6.16. The molecule has 0 aliphatic carbocycles. The fourth-order valence-corrected chi connectivity index (χ4v) is 4.06. The highest BCUT2D eigenvalue weighted by Crippen LogP contribution is 2.40. The van der Waals surface area contributed by atoms with Gasteiger partial charge in [-0.3, -0.25) is 9.59 Å². The van der Waals surface area contributed by atoms with Gasteiger partial charge in [-0.15, -0.1) is 0 Å². The zero-order valence-electron chi connectivity index (χ0n) is 18.9. The predicted molar refractivity (Wildman–Crippen MR) is 132 cm³/mol. The van der Waals surface area contributed by atoms with Gasteiger partial charge in [0.1, 0.15) is 0 Å². The highest BCUT2D eigenvalue weighted by molar-refractivity contribution is 6.30. The molecule has 0 saturated heterocycles. The van der Waals surface area contributed by atoms with Crippen LogP contribution in [0.2, 0.25) is 5.02 Å². The summed E-state index contributed by atoms with van der Waals surface area (Å²) in [7, 11) is 2.95. The maximum atomic E-state index is 14.1. The Kier molecular flexibility index (Phi) is 6.58. The van der Waals surface area contributed by atoms with E-state index in [4.69, 9.17) is 11.6 Å². The molecule has 0 aliphatic rings. The van der Waals surface area contributed by atoms with Crippen LogP contribution in [0.25, 0.3) is 10.9 Å². The van der Waals surface area contributed by atoms with Crippen molar-refractivity contribution in [3.05, 3.63) is 99.3 Å². The number of hydrogen-bond acceptors (Lipinski definition) is 3. The third-order valence-corrected chi connectivity index (χ3v) is 6.03. The molecule has 5 nitrogen and oxygen atoms in total. The normalized spacial score (nSPS) is 11.5. The lowest BCUT2D eigenvalue weighted by molar-refractivity contribution is -0.136. The molecular formula is C26H21ClF3N3O2. The van der Waals surface area contributed by atoms with Crippen molar-refractivity contribution in [2.45, 2.75) is 12.6 Å². The van der Waals surface area contributed by atoms with Crippen molar-refractivity contribution >= 4 is 45.5 Å². The van der Waals surface area contributed by atoms with Gasteiger partial charge in [0.2, 0.25) is 5.91 Å². The summed E-state index contributed by atoms with van der Waals surface area (Å²) in [6, 6.07) is 18.8. The number of nitrogens with one attached hydrogen (secondary N) is 1. The lowest BCUT2D eigenvalue weighted by Crippen LogP contribution is -2.32. The number of likely N-dealkylation sites (N-methyl/N-ethyl adjacent to an activating group) is 1. The first-order valence-electron chi connectivity index (χ1n) is 10.6. The molecule has 35 heavy (non-hydrogen) atoms. The van der Waals surface area contributed by atoms with Gasteiger partial charge >= 0.3 is 6.18 Å². The van der Waals surface area contributed by atoms with Crippen LogP contribution in [-0.4, -0.2) is 17.5 Å². The molecule has 0 unspecified atom stereocenters. The summed E-state index contributed by atoms with van der Waals surface area (Å²) >= 11 is 5.95. The summed E-state index contributed by atoms with van der Waals surface area (Å²) < 4.78 is 43.3. The second-order valence-corrected chi connectivity index (χ2v) is 8.45. The highest BCUT2D eigenvalue weighted by atomic mass is 35.5. The number of halogens is 4. The molecule has 4 rings (SSSR count). The van der Waals surface area contributed by atoms with E-state index in [1.165, 1.54) is 24.1 Å². The van der Waals surface area contributed by atoms with Gasteiger partial charge in [-0.25, -0.2) is 0 Å². The van der Waals surface area contributed by atoms with Gasteiger partial charge in [-0.2, -0.15) is 13.2 Å². The largest absolute Gasteiger partial charge is 0.417 e. The molecule has 1 amide bonds. The molecule has 0 aliphatic heterocycles. The van der Waals surface area contributed by atoms with Gasteiger partial charge in [0, 0.05) is 35.9 Å². The fraction of sp³-hybridized carbons (Fsp3) is 0.154. The molecule has 180 valence electrons. The molecule has 1 N–H and O–H groups in total. The van der Waals surface area contributed by atoms with Gasteiger partial charge in [-0.05, 0) is 48.5 Å². The lowest BCUT2D eigenvalue weighted by Gasteiger charge is -2.22. The molecule has 1 aromatic heterocycles. The Labute approximate surface area is 204 Å². The van der Waals surface area contributed by atoms with Crippen LogP contribution < -0.4 is 15.8 Å². The number of carbonyl (C=O) groups is 1. The number of anilines is 3.